The zero-order valence-corrected chi connectivity index (χ0v) is 17.0. The van der Waals surface area contributed by atoms with E-state index < -0.39 is 0 Å². The number of piperazine rings is 1. The minimum absolute atomic E-state index is 0.00266. The van der Waals surface area contributed by atoms with E-state index in [0.717, 1.165) is 37.0 Å². The summed E-state index contributed by atoms with van der Waals surface area (Å²) in [5.74, 6) is 1.50. The summed E-state index contributed by atoms with van der Waals surface area (Å²) in [5.41, 5.74) is 0.808. The molecule has 1 atom stereocenters. The average Bonchev–Trinajstić information content (AvgIpc) is 3.40. The minimum atomic E-state index is -0.284. The first-order valence-electron chi connectivity index (χ1n) is 10.1. The quantitative estimate of drug-likeness (QED) is 0.767. The van der Waals surface area contributed by atoms with Crippen molar-refractivity contribution in [2.45, 2.75) is 19.9 Å². The predicted molar refractivity (Wildman–Crippen MR) is 110 cm³/mol. The number of imidazole rings is 1. The SMILES string of the molecule is CCn1ccnc1N1CCN(C(=O)C2CC(=O)N(c3ccc(OC)cc3)C2)CC1. The maximum atomic E-state index is 13.0. The Balaban J connectivity index is 1.36. The van der Waals surface area contributed by atoms with Gasteiger partial charge in [-0.2, -0.15) is 0 Å². The van der Waals surface area contributed by atoms with E-state index in [1.165, 1.54) is 0 Å². The lowest BCUT2D eigenvalue weighted by Crippen LogP contribution is -2.51. The van der Waals surface area contributed by atoms with E-state index in [0.29, 0.717) is 19.6 Å². The van der Waals surface area contributed by atoms with Gasteiger partial charge >= 0.3 is 0 Å². The fraction of sp³-hybridized carbons (Fsp3) is 0.476. The van der Waals surface area contributed by atoms with Crippen LogP contribution in [0.1, 0.15) is 13.3 Å². The number of ether oxygens (including phenoxy) is 1. The van der Waals surface area contributed by atoms with Crippen LogP contribution in [0, 0.1) is 5.92 Å². The van der Waals surface area contributed by atoms with Crippen LogP contribution in [-0.2, 0) is 16.1 Å². The van der Waals surface area contributed by atoms with Gasteiger partial charge in [-0.05, 0) is 31.2 Å². The van der Waals surface area contributed by atoms with Gasteiger partial charge in [0.1, 0.15) is 5.75 Å². The van der Waals surface area contributed by atoms with E-state index >= 15 is 0 Å². The smallest absolute Gasteiger partial charge is 0.228 e. The van der Waals surface area contributed by atoms with Crippen LogP contribution in [0.3, 0.4) is 0 Å². The number of aromatic nitrogens is 2. The topological polar surface area (TPSA) is 70.9 Å². The number of anilines is 2. The van der Waals surface area contributed by atoms with Gasteiger partial charge in [0.2, 0.25) is 17.8 Å². The number of benzene rings is 1. The molecule has 1 aromatic heterocycles. The first-order valence-corrected chi connectivity index (χ1v) is 10.1. The third-order valence-corrected chi connectivity index (χ3v) is 5.77. The van der Waals surface area contributed by atoms with Crippen LogP contribution in [-0.4, -0.2) is 66.1 Å². The van der Waals surface area contributed by atoms with E-state index in [2.05, 4.69) is 21.4 Å². The minimum Gasteiger partial charge on any atom is -0.497 e. The number of carbonyl (C=O) groups excluding carboxylic acids is 2. The van der Waals surface area contributed by atoms with Crippen molar-refractivity contribution in [1.29, 1.82) is 0 Å². The molecule has 154 valence electrons. The van der Waals surface area contributed by atoms with Crippen molar-refractivity contribution in [2.24, 2.45) is 5.92 Å². The third kappa shape index (κ3) is 3.79. The number of amides is 2. The summed E-state index contributed by atoms with van der Waals surface area (Å²) < 4.78 is 7.28. The highest BCUT2D eigenvalue weighted by atomic mass is 16.5. The second kappa shape index (κ2) is 8.14. The molecule has 0 radical (unpaired) electrons. The summed E-state index contributed by atoms with van der Waals surface area (Å²) in [7, 11) is 1.61. The Morgan fingerprint density at radius 2 is 1.90 bits per heavy atom. The van der Waals surface area contributed by atoms with Crippen molar-refractivity contribution < 1.29 is 14.3 Å². The molecule has 1 unspecified atom stereocenters. The highest BCUT2D eigenvalue weighted by Crippen LogP contribution is 2.28. The highest BCUT2D eigenvalue weighted by Gasteiger charge is 2.38. The molecule has 0 spiro atoms. The molecule has 4 rings (SSSR count). The van der Waals surface area contributed by atoms with E-state index in [9.17, 15) is 9.59 Å². The molecule has 0 N–H and O–H groups in total. The molecule has 8 nitrogen and oxygen atoms in total. The van der Waals surface area contributed by atoms with Crippen LogP contribution in [0.25, 0.3) is 0 Å². The molecule has 8 heteroatoms. The molecule has 1 aromatic carbocycles. The lowest BCUT2D eigenvalue weighted by molar-refractivity contribution is -0.136. The Bertz CT molecular complexity index is 871. The van der Waals surface area contributed by atoms with E-state index in [4.69, 9.17) is 4.74 Å². The van der Waals surface area contributed by atoms with Gasteiger partial charge in [0.25, 0.3) is 0 Å². The van der Waals surface area contributed by atoms with Gasteiger partial charge in [-0.25, -0.2) is 4.98 Å². The molecule has 2 fully saturated rings. The highest BCUT2D eigenvalue weighted by molar-refractivity contribution is 6.00. The van der Waals surface area contributed by atoms with Gasteiger partial charge in [-0.1, -0.05) is 0 Å². The van der Waals surface area contributed by atoms with Gasteiger partial charge in [0, 0.05) is 63.8 Å². The second-order valence-corrected chi connectivity index (χ2v) is 7.43. The number of methoxy groups -OCH3 is 1. The lowest BCUT2D eigenvalue weighted by Gasteiger charge is -2.36. The zero-order valence-electron chi connectivity index (χ0n) is 17.0. The van der Waals surface area contributed by atoms with E-state index in [1.807, 2.05) is 41.6 Å². The van der Waals surface area contributed by atoms with Crippen LogP contribution in [0.15, 0.2) is 36.7 Å². The van der Waals surface area contributed by atoms with Crippen molar-refractivity contribution in [3.63, 3.8) is 0 Å². The summed E-state index contributed by atoms with van der Waals surface area (Å²) in [6, 6.07) is 7.38. The number of rotatable bonds is 5. The Kier molecular flexibility index (Phi) is 5.42. The molecule has 2 aliphatic rings. The van der Waals surface area contributed by atoms with Crippen molar-refractivity contribution >= 4 is 23.5 Å². The normalized spacial score (nSPS) is 19.7. The maximum absolute atomic E-state index is 13.0. The fourth-order valence-corrected chi connectivity index (χ4v) is 4.10. The summed E-state index contributed by atoms with van der Waals surface area (Å²) in [6.07, 6.45) is 4.06. The van der Waals surface area contributed by atoms with Crippen LogP contribution < -0.4 is 14.5 Å². The van der Waals surface area contributed by atoms with Gasteiger partial charge in [-0.15, -0.1) is 0 Å². The average molecular weight is 397 g/mol. The first-order chi connectivity index (χ1) is 14.1. The Labute approximate surface area is 170 Å². The summed E-state index contributed by atoms with van der Waals surface area (Å²) in [4.78, 5) is 35.8. The first kappa shape index (κ1) is 19.3. The van der Waals surface area contributed by atoms with E-state index in [1.54, 1.807) is 12.0 Å². The van der Waals surface area contributed by atoms with Crippen LogP contribution in [0.4, 0.5) is 11.6 Å². The Hall–Kier alpha value is -3.03. The molecule has 2 aromatic rings. The molecule has 2 saturated heterocycles. The Morgan fingerprint density at radius 3 is 2.55 bits per heavy atom. The monoisotopic (exact) mass is 397 g/mol. The number of carbonyl (C=O) groups is 2. The van der Waals surface area contributed by atoms with Crippen molar-refractivity contribution in [2.75, 3.05) is 49.6 Å². The lowest BCUT2D eigenvalue weighted by atomic mass is 10.1. The van der Waals surface area contributed by atoms with Gasteiger partial charge in [-0.3, -0.25) is 9.59 Å². The molecule has 0 saturated carbocycles. The summed E-state index contributed by atoms with van der Waals surface area (Å²) >= 11 is 0. The van der Waals surface area contributed by atoms with Gasteiger partial charge < -0.3 is 24.0 Å². The molecule has 3 heterocycles. The van der Waals surface area contributed by atoms with Crippen molar-refractivity contribution in [3.8, 4) is 5.75 Å². The van der Waals surface area contributed by atoms with Gasteiger partial charge in [0.05, 0.1) is 13.0 Å². The van der Waals surface area contributed by atoms with Crippen LogP contribution in [0.5, 0.6) is 5.75 Å². The zero-order chi connectivity index (χ0) is 20.4. The standard InChI is InChI=1S/C21H27N5O3/c1-3-23-9-8-22-21(23)25-12-10-24(11-13-25)20(28)16-14-19(27)26(15-16)17-4-6-18(29-2)7-5-17/h4-9,16H,3,10-15H2,1-2H3. The largest absolute Gasteiger partial charge is 0.497 e. The molecular formula is C21H27N5O3. The number of hydrogen-bond acceptors (Lipinski definition) is 5. The number of aryl methyl sites for hydroxylation is 1. The Morgan fingerprint density at radius 1 is 1.17 bits per heavy atom. The predicted octanol–water partition coefficient (Wildman–Crippen LogP) is 1.61. The van der Waals surface area contributed by atoms with Crippen molar-refractivity contribution in [1.82, 2.24) is 14.5 Å². The van der Waals surface area contributed by atoms with Crippen LogP contribution >= 0.6 is 0 Å². The van der Waals surface area contributed by atoms with Crippen LogP contribution in [0.2, 0.25) is 0 Å². The summed E-state index contributed by atoms with van der Waals surface area (Å²) in [6.45, 7) is 6.23. The molecule has 0 bridgehead atoms. The summed E-state index contributed by atoms with van der Waals surface area (Å²) in [5, 5.41) is 0. The number of nitrogens with zero attached hydrogens (tertiary/aromatic N) is 5. The number of hydrogen-bond donors (Lipinski definition) is 0. The molecule has 2 amide bonds. The fourth-order valence-electron chi connectivity index (χ4n) is 4.10. The third-order valence-electron chi connectivity index (χ3n) is 5.77. The van der Waals surface area contributed by atoms with E-state index in [-0.39, 0.29) is 24.2 Å². The molecule has 29 heavy (non-hydrogen) atoms. The second-order valence-electron chi connectivity index (χ2n) is 7.43. The maximum Gasteiger partial charge on any atom is 0.228 e. The van der Waals surface area contributed by atoms with Gasteiger partial charge in [0.15, 0.2) is 0 Å². The molecular weight excluding hydrogens is 370 g/mol. The van der Waals surface area contributed by atoms with Crippen molar-refractivity contribution in [3.05, 3.63) is 36.7 Å². The molecule has 0 aliphatic carbocycles. The molecule has 2 aliphatic heterocycles.